The summed E-state index contributed by atoms with van der Waals surface area (Å²) in [5.41, 5.74) is 3.39. The number of aromatic hydroxyl groups is 1. The van der Waals surface area contributed by atoms with Crippen molar-refractivity contribution in [3.8, 4) is 17.2 Å². The molecular weight excluding hydrogens is 333 g/mol. The van der Waals surface area contributed by atoms with Crippen molar-refractivity contribution in [2.75, 3.05) is 7.11 Å². The highest BCUT2D eigenvalue weighted by molar-refractivity contribution is 5.39. The van der Waals surface area contributed by atoms with Crippen LogP contribution in [0.1, 0.15) is 29.8 Å². The van der Waals surface area contributed by atoms with Gasteiger partial charge in [-0.2, -0.15) is 5.10 Å². The molecule has 26 heavy (non-hydrogen) atoms. The summed E-state index contributed by atoms with van der Waals surface area (Å²) in [6.07, 6.45) is 1.78. The van der Waals surface area contributed by atoms with Crippen LogP contribution >= 0.6 is 0 Å². The van der Waals surface area contributed by atoms with E-state index in [4.69, 9.17) is 4.74 Å². The van der Waals surface area contributed by atoms with E-state index in [-0.39, 0.29) is 17.6 Å². The molecule has 0 bridgehead atoms. The van der Waals surface area contributed by atoms with Crippen molar-refractivity contribution in [1.82, 2.24) is 15.1 Å². The normalized spacial score (nSPS) is 12.2. The third kappa shape index (κ3) is 3.70. The molecular formula is C20H22FN3O2. The quantitative estimate of drug-likeness (QED) is 0.704. The van der Waals surface area contributed by atoms with Crippen LogP contribution in [0, 0.1) is 12.7 Å². The Hall–Kier alpha value is -2.86. The van der Waals surface area contributed by atoms with Crippen LogP contribution in [0.4, 0.5) is 4.39 Å². The van der Waals surface area contributed by atoms with Crippen LogP contribution in [0.15, 0.2) is 48.7 Å². The molecule has 2 aromatic carbocycles. The maximum Gasteiger partial charge on any atom is 0.125 e. The van der Waals surface area contributed by atoms with Crippen molar-refractivity contribution >= 4 is 0 Å². The first-order chi connectivity index (χ1) is 12.5. The summed E-state index contributed by atoms with van der Waals surface area (Å²) in [4.78, 5) is 0. The van der Waals surface area contributed by atoms with Crippen LogP contribution in [0.3, 0.4) is 0 Å². The molecule has 0 aliphatic heterocycles. The van der Waals surface area contributed by atoms with Crippen LogP contribution in [0.5, 0.6) is 11.5 Å². The highest BCUT2D eigenvalue weighted by Gasteiger charge is 2.15. The smallest absolute Gasteiger partial charge is 0.125 e. The molecule has 0 aliphatic carbocycles. The number of aromatic nitrogens is 2. The second-order valence-corrected chi connectivity index (χ2v) is 6.17. The molecule has 3 rings (SSSR count). The molecule has 1 atom stereocenters. The van der Waals surface area contributed by atoms with Crippen molar-refractivity contribution in [2.45, 2.75) is 26.4 Å². The van der Waals surface area contributed by atoms with E-state index in [9.17, 15) is 9.50 Å². The van der Waals surface area contributed by atoms with Gasteiger partial charge >= 0.3 is 0 Å². The molecule has 1 aromatic heterocycles. The number of phenolic OH excluding ortho intramolecular Hbond substituents is 1. The third-order valence-electron chi connectivity index (χ3n) is 4.45. The first-order valence-corrected chi connectivity index (χ1v) is 8.39. The van der Waals surface area contributed by atoms with Crippen molar-refractivity contribution < 1.29 is 14.2 Å². The molecule has 0 amide bonds. The van der Waals surface area contributed by atoms with Gasteiger partial charge in [0, 0.05) is 29.4 Å². The second kappa shape index (κ2) is 7.58. The van der Waals surface area contributed by atoms with E-state index < -0.39 is 0 Å². The molecule has 0 aliphatic rings. The minimum atomic E-state index is -0.293. The maximum atomic E-state index is 13.5. The molecule has 0 radical (unpaired) electrons. The van der Waals surface area contributed by atoms with Crippen molar-refractivity contribution in [1.29, 1.82) is 0 Å². The zero-order valence-electron chi connectivity index (χ0n) is 15.0. The minimum Gasteiger partial charge on any atom is -0.508 e. The number of nitrogens with zero attached hydrogens (tertiary/aromatic N) is 2. The van der Waals surface area contributed by atoms with Gasteiger partial charge in [0.1, 0.15) is 17.3 Å². The summed E-state index contributed by atoms with van der Waals surface area (Å²) in [5.74, 6) is 0.624. The van der Waals surface area contributed by atoms with Gasteiger partial charge in [-0.05, 0) is 50.2 Å². The van der Waals surface area contributed by atoms with Gasteiger partial charge in [0.15, 0.2) is 0 Å². The summed E-state index contributed by atoms with van der Waals surface area (Å²) in [5, 5.41) is 17.8. The van der Waals surface area contributed by atoms with Gasteiger partial charge in [-0.1, -0.05) is 6.07 Å². The summed E-state index contributed by atoms with van der Waals surface area (Å²) >= 11 is 0. The molecule has 5 nitrogen and oxygen atoms in total. The van der Waals surface area contributed by atoms with Gasteiger partial charge in [0.05, 0.1) is 19.0 Å². The maximum absolute atomic E-state index is 13.5. The summed E-state index contributed by atoms with van der Waals surface area (Å²) in [6, 6.07) is 11.5. The highest BCUT2D eigenvalue weighted by Crippen LogP contribution is 2.25. The highest BCUT2D eigenvalue weighted by atomic mass is 19.1. The van der Waals surface area contributed by atoms with Crippen LogP contribution in [0.2, 0.25) is 0 Å². The Labute approximate surface area is 152 Å². The fraction of sp³-hybridized carbons (Fsp3) is 0.250. The molecule has 0 fully saturated rings. The molecule has 0 unspecified atom stereocenters. The Morgan fingerprint density at radius 2 is 2.08 bits per heavy atom. The fourth-order valence-electron chi connectivity index (χ4n) is 2.92. The van der Waals surface area contributed by atoms with Gasteiger partial charge in [-0.25, -0.2) is 9.07 Å². The topological polar surface area (TPSA) is 59.3 Å². The number of methoxy groups -OCH3 is 1. The Bertz CT molecular complexity index is 908. The largest absolute Gasteiger partial charge is 0.508 e. The lowest BCUT2D eigenvalue weighted by Crippen LogP contribution is -2.18. The number of rotatable bonds is 6. The summed E-state index contributed by atoms with van der Waals surface area (Å²) < 4.78 is 20.4. The fourth-order valence-corrected chi connectivity index (χ4v) is 2.92. The predicted octanol–water partition coefficient (Wildman–Crippen LogP) is 3.88. The van der Waals surface area contributed by atoms with Gasteiger partial charge in [0.25, 0.3) is 0 Å². The van der Waals surface area contributed by atoms with Crippen LogP contribution in [0.25, 0.3) is 5.69 Å². The lowest BCUT2D eigenvalue weighted by molar-refractivity contribution is 0.409. The first kappa shape index (κ1) is 17.9. The molecule has 136 valence electrons. The monoisotopic (exact) mass is 355 g/mol. The molecule has 1 heterocycles. The van der Waals surface area contributed by atoms with E-state index in [1.165, 1.54) is 12.1 Å². The summed E-state index contributed by atoms with van der Waals surface area (Å²) in [7, 11) is 1.59. The Morgan fingerprint density at radius 1 is 1.27 bits per heavy atom. The van der Waals surface area contributed by atoms with E-state index in [0.717, 1.165) is 16.8 Å². The van der Waals surface area contributed by atoms with E-state index in [1.54, 1.807) is 42.3 Å². The summed E-state index contributed by atoms with van der Waals surface area (Å²) in [6.45, 7) is 4.46. The van der Waals surface area contributed by atoms with Gasteiger partial charge in [0.2, 0.25) is 0 Å². The van der Waals surface area contributed by atoms with Crippen molar-refractivity contribution in [3.05, 3.63) is 71.3 Å². The Kier molecular flexibility index (Phi) is 5.23. The van der Waals surface area contributed by atoms with E-state index >= 15 is 0 Å². The molecule has 0 spiro atoms. The van der Waals surface area contributed by atoms with Gasteiger partial charge in [-0.3, -0.25) is 0 Å². The predicted molar refractivity (Wildman–Crippen MR) is 98.2 cm³/mol. The van der Waals surface area contributed by atoms with Crippen LogP contribution in [-0.2, 0) is 6.54 Å². The Balaban J connectivity index is 1.76. The third-order valence-corrected chi connectivity index (χ3v) is 4.45. The average Bonchev–Trinajstić information content (AvgIpc) is 3.02. The van der Waals surface area contributed by atoms with E-state index in [0.29, 0.717) is 18.0 Å². The number of nitrogens with one attached hydrogen (secondary N) is 1. The van der Waals surface area contributed by atoms with Crippen LogP contribution in [-0.4, -0.2) is 22.0 Å². The number of benzene rings is 2. The zero-order chi connectivity index (χ0) is 18.7. The number of phenols is 1. The van der Waals surface area contributed by atoms with Crippen molar-refractivity contribution in [2.24, 2.45) is 0 Å². The van der Waals surface area contributed by atoms with Gasteiger partial charge in [-0.15, -0.1) is 0 Å². The van der Waals surface area contributed by atoms with Gasteiger partial charge < -0.3 is 15.2 Å². The number of halogens is 1. The lowest BCUT2D eigenvalue weighted by atomic mass is 10.1. The number of hydrogen-bond acceptors (Lipinski definition) is 4. The average molecular weight is 355 g/mol. The molecule has 0 saturated carbocycles. The lowest BCUT2D eigenvalue weighted by Gasteiger charge is -2.15. The standard InChI is InChI=1S/C20H22FN3O2/c1-13(22-11-15-9-18(26-3)7-8-20(15)25)19-12-23-24(14(19)2)17-6-4-5-16(21)10-17/h4-10,12-13,22,25H,11H2,1-3H3/t13-/m0/s1. The molecule has 6 heteroatoms. The molecule has 3 aromatic rings. The molecule has 0 saturated heterocycles. The Morgan fingerprint density at radius 3 is 2.81 bits per heavy atom. The number of hydrogen-bond donors (Lipinski definition) is 2. The van der Waals surface area contributed by atoms with E-state index in [1.807, 2.05) is 19.9 Å². The van der Waals surface area contributed by atoms with Crippen LogP contribution < -0.4 is 10.1 Å². The molecule has 2 N–H and O–H groups in total. The SMILES string of the molecule is COc1ccc(O)c(CN[C@@H](C)c2cnn(-c3cccc(F)c3)c2C)c1. The zero-order valence-corrected chi connectivity index (χ0v) is 15.0. The second-order valence-electron chi connectivity index (χ2n) is 6.17. The number of ether oxygens (including phenoxy) is 1. The first-order valence-electron chi connectivity index (χ1n) is 8.39. The van der Waals surface area contributed by atoms with E-state index in [2.05, 4.69) is 10.4 Å². The van der Waals surface area contributed by atoms with Crippen molar-refractivity contribution in [3.63, 3.8) is 0 Å². The minimum absolute atomic E-state index is 0.00269.